The molecule has 254 valence electrons. The number of ether oxygens (including phenoxy) is 2. The van der Waals surface area contributed by atoms with Crippen LogP contribution >= 0.6 is 23.2 Å². The van der Waals surface area contributed by atoms with Gasteiger partial charge in [-0.3, -0.25) is 13.9 Å². The van der Waals surface area contributed by atoms with E-state index in [0.29, 0.717) is 33.5 Å². The Bertz CT molecular complexity index is 1670. The zero-order valence-electron chi connectivity index (χ0n) is 27.5. The molecule has 4 rings (SSSR count). The number of nitrogens with zero attached hydrogens (tertiary/aromatic N) is 2. The van der Waals surface area contributed by atoms with Crippen molar-refractivity contribution in [3.63, 3.8) is 0 Å². The molecule has 0 bridgehead atoms. The van der Waals surface area contributed by atoms with Crippen LogP contribution in [0.2, 0.25) is 10.0 Å². The third-order valence-electron chi connectivity index (χ3n) is 8.41. The monoisotopic (exact) mass is 703 g/mol. The number of carbonyl (C=O) groups excluding carboxylic acids is 2. The van der Waals surface area contributed by atoms with Gasteiger partial charge in [0, 0.05) is 28.7 Å². The van der Waals surface area contributed by atoms with E-state index in [2.05, 4.69) is 5.32 Å². The molecular weight excluding hydrogens is 661 g/mol. The molecule has 9 nitrogen and oxygen atoms in total. The van der Waals surface area contributed by atoms with Gasteiger partial charge in [-0.2, -0.15) is 0 Å². The number of hydrogen-bond donors (Lipinski definition) is 1. The van der Waals surface area contributed by atoms with Crippen molar-refractivity contribution in [2.24, 2.45) is 0 Å². The second-order valence-electron chi connectivity index (χ2n) is 11.9. The van der Waals surface area contributed by atoms with Crippen molar-refractivity contribution in [3.05, 3.63) is 81.3 Å². The van der Waals surface area contributed by atoms with Gasteiger partial charge in [0.1, 0.15) is 12.6 Å². The van der Waals surface area contributed by atoms with Crippen LogP contribution in [0, 0.1) is 13.8 Å². The zero-order chi connectivity index (χ0) is 34.3. The van der Waals surface area contributed by atoms with E-state index in [0.717, 1.165) is 47.5 Å². The summed E-state index contributed by atoms with van der Waals surface area (Å²) in [5.74, 6) is -0.255. The first-order valence-corrected chi connectivity index (χ1v) is 17.9. The molecular formula is C35H43Cl2N3O6S. The second kappa shape index (κ2) is 16.1. The van der Waals surface area contributed by atoms with E-state index >= 15 is 0 Å². The van der Waals surface area contributed by atoms with Gasteiger partial charge in [0.2, 0.25) is 11.8 Å². The smallest absolute Gasteiger partial charge is 0.264 e. The Morgan fingerprint density at radius 2 is 1.57 bits per heavy atom. The molecule has 1 aliphatic rings. The number of amides is 2. The first kappa shape index (κ1) is 36.4. The Morgan fingerprint density at radius 1 is 0.915 bits per heavy atom. The first-order chi connectivity index (χ1) is 22.4. The summed E-state index contributed by atoms with van der Waals surface area (Å²) in [6.45, 7) is 4.95. The van der Waals surface area contributed by atoms with Crippen molar-refractivity contribution in [2.45, 2.75) is 82.8 Å². The molecule has 1 atom stereocenters. The Labute approximate surface area is 288 Å². The number of rotatable bonds is 13. The van der Waals surface area contributed by atoms with E-state index in [-0.39, 0.29) is 29.1 Å². The molecule has 0 heterocycles. The molecule has 12 heteroatoms. The van der Waals surface area contributed by atoms with Crippen molar-refractivity contribution in [3.8, 4) is 11.5 Å². The minimum absolute atomic E-state index is 0.0253. The first-order valence-electron chi connectivity index (χ1n) is 15.7. The number of nitrogens with one attached hydrogen (secondary N) is 1. The number of sulfonamides is 1. The van der Waals surface area contributed by atoms with Crippen LogP contribution in [0.1, 0.15) is 62.1 Å². The summed E-state index contributed by atoms with van der Waals surface area (Å²) in [7, 11) is -1.45. The van der Waals surface area contributed by atoms with Gasteiger partial charge >= 0.3 is 0 Å². The van der Waals surface area contributed by atoms with E-state index < -0.39 is 28.5 Å². The summed E-state index contributed by atoms with van der Waals surface area (Å²) in [5, 5.41) is 3.92. The van der Waals surface area contributed by atoms with Crippen LogP contribution in [-0.2, 0) is 26.2 Å². The van der Waals surface area contributed by atoms with Gasteiger partial charge < -0.3 is 19.7 Å². The van der Waals surface area contributed by atoms with Crippen LogP contribution in [0.3, 0.4) is 0 Å². The fraction of sp³-hybridized carbons (Fsp3) is 0.429. The molecule has 0 saturated heterocycles. The minimum Gasteiger partial charge on any atom is -0.493 e. The molecule has 1 aliphatic carbocycles. The summed E-state index contributed by atoms with van der Waals surface area (Å²) in [4.78, 5) is 29.6. The molecule has 3 aromatic rings. The highest BCUT2D eigenvalue weighted by atomic mass is 35.5. The second-order valence-corrected chi connectivity index (χ2v) is 14.6. The number of carbonyl (C=O) groups is 2. The Hall–Kier alpha value is -3.47. The molecule has 1 saturated carbocycles. The van der Waals surface area contributed by atoms with Crippen molar-refractivity contribution in [1.29, 1.82) is 0 Å². The molecule has 1 fully saturated rings. The summed E-state index contributed by atoms with van der Waals surface area (Å²) < 4.78 is 40.6. The topological polar surface area (TPSA) is 105 Å². The van der Waals surface area contributed by atoms with Crippen LogP contribution in [-0.4, -0.2) is 58.0 Å². The number of benzene rings is 3. The number of methoxy groups -OCH3 is 2. The van der Waals surface area contributed by atoms with Crippen LogP contribution in [0.15, 0.2) is 59.5 Å². The molecule has 2 amide bonds. The number of aryl methyl sites for hydroxylation is 2. The molecule has 3 aromatic carbocycles. The highest BCUT2D eigenvalue weighted by molar-refractivity contribution is 7.92. The highest BCUT2D eigenvalue weighted by Crippen LogP contribution is 2.33. The van der Waals surface area contributed by atoms with Gasteiger partial charge in [-0.25, -0.2) is 8.42 Å². The summed E-state index contributed by atoms with van der Waals surface area (Å²) in [6, 6.07) is 13.7. The van der Waals surface area contributed by atoms with Gasteiger partial charge in [0.15, 0.2) is 11.5 Å². The summed E-state index contributed by atoms with van der Waals surface area (Å²) in [5.41, 5.74) is 2.54. The van der Waals surface area contributed by atoms with Gasteiger partial charge in [-0.15, -0.1) is 0 Å². The van der Waals surface area contributed by atoms with Gasteiger partial charge in [-0.05, 0) is 86.2 Å². The predicted octanol–water partition coefficient (Wildman–Crippen LogP) is 7.08. The Morgan fingerprint density at radius 3 is 2.17 bits per heavy atom. The van der Waals surface area contributed by atoms with Crippen molar-refractivity contribution >= 4 is 50.7 Å². The molecule has 0 radical (unpaired) electrons. The lowest BCUT2D eigenvalue weighted by molar-refractivity contribution is -0.140. The fourth-order valence-electron chi connectivity index (χ4n) is 6.02. The van der Waals surface area contributed by atoms with E-state index in [1.54, 1.807) is 30.3 Å². The van der Waals surface area contributed by atoms with Gasteiger partial charge in [-0.1, -0.05) is 61.5 Å². The largest absolute Gasteiger partial charge is 0.493 e. The third kappa shape index (κ3) is 8.91. The van der Waals surface area contributed by atoms with Crippen LogP contribution < -0.4 is 19.1 Å². The fourth-order valence-corrected chi connectivity index (χ4v) is 7.91. The van der Waals surface area contributed by atoms with Crippen molar-refractivity contribution in [2.75, 3.05) is 25.1 Å². The normalized spacial score (nSPS) is 14.3. The summed E-state index contributed by atoms with van der Waals surface area (Å²) in [6.07, 6.45) is 5.26. The Kier molecular flexibility index (Phi) is 12.4. The molecule has 0 aliphatic heterocycles. The molecule has 0 unspecified atom stereocenters. The lowest BCUT2D eigenvalue weighted by atomic mass is 9.95. The average molecular weight is 705 g/mol. The minimum atomic E-state index is -4.33. The van der Waals surface area contributed by atoms with Crippen LogP contribution in [0.4, 0.5) is 5.69 Å². The quantitative estimate of drug-likeness (QED) is 0.204. The van der Waals surface area contributed by atoms with Crippen LogP contribution in [0.5, 0.6) is 11.5 Å². The Balaban J connectivity index is 1.78. The number of hydrogen-bond acceptors (Lipinski definition) is 6. The standard InChI is InChI=1S/C35H43Cl2N3O6S/c1-6-31(35(42)38-27-10-8-7-9-11-27)39(21-25-12-13-26(36)19-30(25)37)34(41)22-40(28-17-23(2)16-24(3)18-28)47(43,44)29-14-15-32(45-4)33(20-29)46-5/h12-20,27,31H,6-11,21-22H2,1-5H3,(H,38,42)/t31-/m0/s1. The maximum atomic E-state index is 14.5. The highest BCUT2D eigenvalue weighted by Gasteiger charge is 2.35. The van der Waals surface area contributed by atoms with E-state index in [1.807, 2.05) is 26.8 Å². The SMILES string of the molecule is CC[C@@H](C(=O)NC1CCCCC1)N(Cc1ccc(Cl)cc1Cl)C(=O)CN(c1cc(C)cc(C)c1)S(=O)(=O)c1ccc(OC)c(OC)c1. The van der Waals surface area contributed by atoms with E-state index in [9.17, 15) is 18.0 Å². The summed E-state index contributed by atoms with van der Waals surface area (Å²) >= 11 is 12.7. The molecule has 0 aromatic heterocycles. The van der Waals surface area contributed by atoms with E-state index in [4.69, 9.17) is 32.7 Å². The van der Waals surface area contributed by atoms with Crippen molar-refractivity contribution in [1.82, 2.24) is 10.2 Å². The lowest BCUT2D eigenvalue weighted by Crippen LogP contribution is -2.54. The predicted molar refractivity (Wildman–Crippen MR) is 186 cm³/mol. The lowest BCUT2D eigenvalue weighted by Gasteiger charge is -2.34. The maximum Gasteiger partial charge on any atom is 0.264 e. The maximum absolute atomic E-state index is 14.5. The van der Waals surface area contributed by atoms with Crippen molar-refractivity contribution < 1.29 is 27.5 Å². The van der Waals surface area contributed by atoms with Crippen LogP contribution in [0.25, 0.3) is 0 Å². The van der Waals surface area contributed by atoms with Gasteiger partial charge in [0.05, 0.1) is 24.8 Å². The third-order valence-corrected chi connectivity index (χ3v) is 10.8. The average Bonchev–Trinajstić information content (AvgIpc) is 3.03. The zero-order valence-corrected chi connectivity index (χ0v) is 29.8. The number of anilines is 1. The van der Waals surface area contributed by atoms with Gasteiger partial charge in [0.25, 0.3) is 10.0 Å². The molecule has 1 N–H and O–H groups in total. The molecule has 47 heavy (non-hydrogen) atoms. The van der Waals surface area contributed by atoms with E-state index in [1.165, 1.54) is 37.3 Å². The molecule has 0 spiro atoms. The number of halogens is 2.